The maximum Gasteiger partial charge on any atom is 0.174 e. The lowest BCUT2D eigenvalue weighted by molar-refractivity contribution is 0.101. The largest absolute Gasteiger partial charge is 0.492 e. The summed E-state index contributed by atoms with van der Waals surface area (Å²) >= 11 is 3.39. The van der Waals surface area contributed by atoms with Crippen molar-refractivity contribution in [2.75, 3.05) is 13.7 Å². The van der Waals surface area contributed by atoms with Gasteiger partial charge in [-0.25, -0.2) is 0 Å². The van der Waals surface area contributed by atoms with E-state index in [9.17, 15) is 4.79 Å². The minimum Gasteiger partial charge on any atom is -0.492 e. The van der Waals surface area contributed by atoms with Crippen LogP contribution in [-0.4, -0.2) is 19.5 Å². The molecule has 0 atom stereocenters. The number of halogens is 1. The van der Waals surface area contributed by atoms with Crippen LogP contribution < -0.4 is 9.47 Å². The van der Waals surface area contributed by atoms with E-state index >= 15 is 0 Å². The van der Waals surface area contributed by atoms with Crippen molar-refractivity contribution in [2.24, 2.45) is 5.92 Å². The van der Waals surface area contributed by atoms with Crippen LogP contribution in [0.15, 0.2) is 16.6 Å². The molecule has 0 aliphatic heterocycles. The first-order valence-corrected chi connectivity index (χ1v) is 6.42. The average Bonchev–Trinajstić information content (AvgIpc) is 3.09. The van der Waals surface area contributed by atoms with E-state index in [1.807, 2.05) is 0 Å². The van der Waals surface area contributed by atoms with Crippen LogP contribution in [0.3, 0.4) is 0 Å². The Kier molecular flexibility index (Phi) is 3.72. The van der Waals surface area contributed by atoms with Crippen LogP contribution in [0.2, 0.25) is 0 Å². The second-order valence-corrected chi connectivity index (χ2v) is 5.15. The van der Waals surface area contributed by atoms with E-state index in [2.05, 4.69) is 15.9 Å². The van der Waals surface area contributed by atoms with Gasteiger partial charge in [-0.3, -0.25) is 4.79 Å². The molecule has 1 aliphatic rings. The summed E-state index contributed by atoms with van der Waals surface area (Å²) in [6.07, 6.45) is 2.46. The normalized spacial score (nSPS) is 14.5. The number of carbonyl (C=O) groups excluding carboxylic acids is 1. The highest BCUT2D eigenvalue weighted by Gasteiger charge is 2.23. The Balaban J connectivity index is 2.27. The summed E-state index contributed by atoms with van der Waals surface area (Å²) in [6, 6.07) is 3.50. The van der Waals surface area contributed by atoms with Crippen LogP contribution >= 0.6 is 15.9 Å². The van der Waals surface area contributed by atoms with Crippen molar-refractivity contribution in [3.63, 3.8) is 0 Å². The Labute approximate surface area is 109 Å². The zero-order chi connectivity index (χ0) is 12.4. The lowest BCUT2D eigenvalue weighted by atomic mass is 10.1. The van der Waals surface area contributed by atoms with Gasteiger partial charge in [0.15, 0.2) is 17.3 Å². The summed E-state index contributed by atoms with van der Waals surface area (Å²) in [4.78, 5) is 11.4. The molecule has 0 amide bonds. The van der Waals surface area contributed by atoms with Gasteiger partial charge in [-0.15, -0.1) is 0 Å². The molecule has 0 aromatic heterocycles. The lowest BCUT2D eigenvalue weighted by Gasteiger charge is -2.13. The first-order valence-electron chi connectivity index (χ1n) is 5.63. The molecule has 1 saturated carbocycles. The molecule has 92 valence electrons. The van der Waals surface area contributed by atoms with Crippen LogP contribution in [0.5, 0.6) is 11.5 Å². The fourth-order valence-electron chi connectivity index (χ4n) is 1.57. The Morgan fingerprint density at radius 1 is 1.47 bits per heavy atom. The summed E-state index contributed by atoms with van der Waals surface area (Å²) in [5.74, 6) is 1.97. The van der Waals surface area contributed by atoms with Crippen LogP contribution in [-0.2, 0) is 0 Å². The van der Waals surface area contributed by atoms with Gasteiger partial charge in [0.25, 0.3) is 0 Å². The number of methoxy groups -OCH3 is 1. The summed E-state index contributed by atoms with van der Waals surface area (Å²) < 4.78 is 11.7. The summed E-state index contributed by atoms with van der Waals surface area (Å²) in [7, 11) is 1.59. The zero-order valence-corrected chi connectivity index (χ0v) is 11.5. The zero-order valence-electron chi connectivity index (χ0n) is 9.96. The maximum atomic E-state index is 11.4. The molecule has 1 aliphatic carbocycles. The first-order chi connectivity index (χ1) is 8.11. The van der Waals surface area contributed by atoms with Crippen LogP contribution in [0.1, 0.15) is 30.1 Å². The number of benzene rings is 1. The number of ketones is 1. The minimum atomic E-state index is 0.0182. The number of carbonyl (C=O) groups is 1. The van der Waals surface area contributed by atoms with Gasteiger partial charge in [0.05, 0.1) is 18.2 Å². The van der Waals surface area contributed by atoms with Gasteiger partial charge in [0.2, 0.25) is 0 Å². The van der Waals surface area contributed by atoms with Gasteiger partial charge >= 0.3 is 0 Å². The standard InChI is InChI=1S/C13H15BrO3/c1-8(15)10-5-11(14)13(16-2)12(6-10)17-7-9-3-4-9/h5-6,9H,3-4,7H2,1-2H3. The molecule has 0 radical (unpaired) electrons. The Morgan fingerprint density at radius 2 is 2.18 bits per heavy atom. The van der Waals surface area contributed by atoms with Crippen molar-refractivity contribution in [1.29, 1.82) is 0 Å². The highest BCUT2D eigenvalue weighted by molar-refractivity contribution is 9.10. The number of hydrogen-bond acceptors (Lipinski definition) is 3. The van der Waals surface area contributed by atoms with Crippen molar-refractivity contribution in [2.45, 2.75) is 19.8 Å². The summed E-state index contributed by atoms with van der Waals surface area (Å²) in [6.45, 7) is 2.24. The molecule has 4 heteroatoms. The summed E-state index contributed by atoms with van der Waals surface area (Å²) in [5.41, 5.74) is 0.628. The van der Waals surface area contributed by atoms with E-state index in [-0.39, 0.29) is 5.78 Å². The molecule has 0 unspecified atom stereocenters. The van der Waals surface area contributed by atoms with E-state index in [0.29, 0.717) is 29.6 Å². The SMILES string of the molecule is COc1c(Br)cc(C(C)=O)cc1OCC1CC1. The van der Waals surface area contributed by atoms with Crippen molar-refractivity contribution in [1.82, 2.24) is 0 Å². The van der Waals surface area contributed by atoms with E-state index < -0.39 is 0 Å². The molecule has 1 aromatic carbocycles. The quantitative estimate of drug-likeness (QED) is 0.781. The Hall–Kier alpha value is -1.03. The predicted octanol–water partition coefficient (Wildman–Crippen LogP) is 3.45. The van der Waals surface area contributed by atoms with E-state index in [1.54, 1.807) is 26.2 Å². The third kappa shape index (κ3) is 3.00. The van der Waals surface area contributed by atoms with E-state index in [0.717, 1.165) is 4.47 Å². The van der Waals surface area contributed by atoms with Gasteiger partial charge in [-0.2, -0.15) is 0 Å². The molecule has 2 rings (SSSR count). The molecule has 0 N–H and O–H groups in total. The molecule has 1 aromatic rings. The molecule has 17 heavy (non-hydrogen) atoms. The van der Waals surface area contributed by atoms with Gasteiger partial charge < -0.3 is 9.47 Å². The van der Waals surface area contributed by atoms with Crippen LogP contribution in [0, 0.1) is 5.92 Å². The molecule has 0 saturated heterocycles. The Bertz CT molecular complexity index is 439. The van der Waals surface area contributed by atoms with Crippen molar-refractivity contribution in [3.05, 3.63) is 22.2 Å². The topological polar surface area (TPSA) is 35.5 Å². The highest BCUT2D eigenvalue weighted by Crippen LogP contribution is 2.38. The van der Waals surface area contributed by atoms with Gasteiger partial charge in [-0.05, 0) is 53.7 Å². The maximum absolute atomic E-state index is 11.4. The molecule has 0 spiro atoms. The summed E-state index contributed by atoms with van der Waals surface area (Å²) in [5, 5.41) is 0. The molecular formula is C13H15BrO3. The molecular weight excluding hydrogens is 284 g/mol. The van der Waals surface area contributed by atoms with E-state index in [1.165, 1.54) is 12.8 Å². The fourth-order valence-corrected chi connectivity index (χ4v) is 2.17. The second kappa shape index (κ2) is 5.08. The molecule has 0 heterocycles. The van der Waals surface area contributed by atoms with Crippen LogP contribution in [0.4, 0.5) is 0 Å². The van der Waals surface area contributed by atoms with Crippen molar-refractivity contribution >= 4 is 21.7 Å². The van der Waals surface area contributed by atoms with Gasteiger partial charge in [-0.1, -0.05) is 0 Å². The van der Waals surface area contributed by atoms with Crippen molar-refractivity contribution in [3.8, 4) is 11.5 Å². The molecule has 3 nitrogen and oxygen atoms in total. The Morgan fingerprint density at radius 3 is 2.71 bits per heavy atom. The van der Waals surface area contributed by atoms with Crippen LogP contribution in [0.25, 0.3) is 0 Å². The predicted molar refractivity (Wildman–Crippen MR) is 68.9 cm³/mol. The third-order valence-corrected chi connectivity index (χ3v) is 3.38. The smallest absolute Gasteiger partial charge is 0.174 e. The number of rotatable bonds is 5. The number of Topliss-reactive ketones (excluding diaryl/α,β-unsaturated/α-hetero) is 1. The third-order valence-electron chi connectivity index (χ3n) is 2.79. The average molecular weight is 299 g/mol. The number of ether oxygens (including phenoxy) is 2. The van der Waals surface area contributed by atoms with E-state index in [4.69, 9.17) is 9.47 Å². The monoisotopic (exact) mass is 298 g/mol. The molecule has 1 fully saturated rings. The molecule has 0 bridgehead atoms. The highest BCUT2D eigenvalue weighted by atomic mass is 79.9. The van der Waals surface area contributed by atoms with Crippen molar-refractivity contribution < 1.29 is 14.3 Å². The number of hydrogen-bond donors (Lipinski definition) is 0. The second-order valence-electron chi connectivity index (χ2n) is 4.30. The van der Waals surface area contributed by atoms with Gasteiger partial charge in [0, 0.05) is 5.56 Å². The lowest BCUT2D eigenvalue weighted by Crippen LogP contribution is -2.03. The first kappa shape index (κ1) is 12.4. The fraction of sp³-hybridized carbons (Fsp3) is 0.462. The minimum absolute atomic E-state index is 0.0182. The van der Waals surface area contributed by atoms with Gasteiger partial charge in [0.1, 0.15) is 0 Å².